The van der Waals surface area contributed by atoms with E-state index < -0.39 is 5.97 Å². The molecule has 1 aliphatic heterocycles. The van der Waals surface area contributed by atoms with E-state index in [-0.39, 0.29) is 11.6 Å². The quantitative estimate of drug-likeness (QED) is 0.523. The van der Waals surface area contributed by atoms with Crippen molar-refractivity contribution >= 4 is 57.1 Å². The molecule has 0 atom stereocenters. The second-order valence-electron chi connectivity index (χ2n) is 4.48. The number of ether oxygens (including phenoxy) is 1. The molecule has 0 N–H and O–H groups in total. The molecule has 6 heteroatoms. The molecule has 0 aliphatic carbocycles. The van der Waals surface area contributed by atoms with Crippen LogP contribution in [0.3, 0.4) is 0 Å². The zero-order valence-corrected chi connectivity index (χ0v) is 14.1. The smallest absolute Gasteiger partial charge is 0.363 e. The standard InChI is InChI=1S/C16H8BrCl2NO2/c17-12-4-2-1-3-9(12)7-14-16(21)22-15(20-14)11-6-5-10(18)8-13(11)19/h1-8H/b14-7-. The molecule has 3 rings (SSSR count). The van der Waals surface area contributed by atoms with Gasteiger partial charge in [-0.15, -0.1) is 0 Å². The SMILES string of the molecule is O=C1OC(c2ccc(Cl)cc2Cl)=N/C1=C\c1ccccc1Br. The van der Waals surface area contributed by atoms with Crippen LogP contribution in [0.1, 0.15) is 11.1 Å². The molecule has 22 heavy (non-hydrogen) atoms. The number of halogens is 3. The number of hydrogen-bond acceptors (Lipinski definition) is 3. The van der Waals surface area contributed by atoms with Crippen LogP contribution in [0.2, 0.25) is 10.0 Å². The van der Waals surface area contributed by atoms with Crippen LogP contribution >= 0.6 is 39.1 Å². The van der Waals surface area contributed by atoms with Crippen molar-refractivity contribution in [2.45, 2.75) is 0 Å². The number of carbonyl (C=O) groups excluding carboxylic acids is 1. The summed E-state index contributed by atoms with van der Waals surface area (Å²) in [5.41, 5.74) is 1.57. The first kappa shape index (κ1) is 15.3. The first-order chi connectivity index (χ1) is 10.5. The second kappa shape index (κ2) is 6.24. The summed E-state index contributed by atoms with van der Waals surface area (Å²) < 4.78 is 6.06. The molecule has 0 amide bonds. The van der Waals surface area contributed by atoms with Gasteiger partial charge in [0.1, 0.15) is 0 Å². The highest BCUT2D eigenvalue weighted by Gasteiger charge is 2.25. The molecule has 2 aromatic carbocycles. The lowest BCUT2D eigenvalue weighted by Crippen LogP contribution is -2.05. The molecule has 1 aliphatic rings. The maximum absolute atomic E-state index is 12.0. The fourth-order valence-corrected chi connectivity index (χ4v) is 2.82. The summed E-state index contributed by atoms with van der Waals surface area (Å²) in [5.74, 6) is -0.346. The van der Waals surface area contributed by atoms with Crippen molar-refractivity contribution in [3.63, 3.8) is 0 Å². The van der Waals surface area contributed by atoms with Crippen LogP contribution in [-0.2, 0) is 9.53 Å². The van der Waals surface area contributed by atoms with Crippen molar-refractivity contribution < 1.29 is 9.53 Å². The van der Waals surface area contributed by atoms with E-state index in [1.54, 1.807) is 24.3 Å². The Hall–Kier alpha value is -1.62. The van der Waals surface area contributed by atoms with E-state index in [4.69, 9.17) is 27.9 Å². The summed E-state index contributed by atoms with van der Waals surface area (Å²) in [6.07, 6.45) is 1.66. The Labute approximate surface area is 145 Å². The van der Waals surface area contributed by atoms with Gasteiger partial charge in [-0.2, -0.15) is 0 Å². The third-order valence-corrected chi connectivity index (χ3v) is 4.25. The van der Waals surface area contributed by atoms with Gasteiger partial charge in [0.2, 0.25) is 5.90 Å². The highest BCUT2D eigenvalue weighted by atomic mass is 79.9. The molecule has 1 heterocycles. The molecule has 3 nitrogen and oxygen atoms in total. The van der Waals surface area contributed by atoms with Crippen LogP contribution in [0.25, 0.3) is 6.08 Å². The lowest BCUT2D eigenvalue weighted by Gasteiger charge is -2.02. The van der Waals surface area contributed by atoms with E-state index in [9.17, 15) is 4.79 Å². The lowest BCUT2D eigenvalue weighted by atomic mass is 10.2. The van der Waals surface area contributed by atoms with Gasteiger partial charge >= 0.3 is 5.97 Å². The molecule has 0 unspecified atom stereocenters. The average Bonchev–Trinajstić information content (AvgIpc) is 2.82. The monoisotopic (exact) mass is 395 g/mol. The Kier molecular flexibility index (Phi) is 4.34. The van der Waals surface area contributed by atoms with Crippen LogP contribution in [0.15, 0.2) is 57.6 Å². The predicted octanol–water partition coefficient (Wildman–Crippen LogP) is 5.10. The molecule has 0 radical (unpaired) electrons. The number of rotatable bonds is 2. The minimum atomic E-state index is -0.517. The minimum absolute atomic E-state index is 0.171. The average molecular weight is 397 g/mol. The molecule has 0 saturated carbocycles. The minimum Gasteiger partial charge on any atom is -0.402 e. The number of hydrogen-bond donors (Lipinski definition) is 0. The van der Waals surface area contributed by atoms with E-state index in [0.717, 1.165) is 10.0 Å². The van der Waals surface area contributed by atoms with Gasteiger partial charge in [-0.05, 0) is 35.9 Å². The number of cyclic esters (lactones) is 1. The summed E-state index contributed by atoms with van der Waals surface area (Å²) in [4.78, 5) is 16.2. The lowest BCUT2D eigenvalue weighted by molar-refractivity contribution is -0.129. The first-order valence-electron chi connectivity index (χ1n) is 6.27. The topological polar surface area (TPSA) is 38.7 Å². The van der Waals surface area contributed by atoms with Crippen molar-refractivity contribution in [3.05, 3.63) is 73.8 Å². The van der Waals surface area contributed by atoms with Gasteiger partial charge in [0.05, 0.1) is 10.6 Å². The number of esters is 1. The second-order valence-corrected chi connectivity index (χ2v) is 6.18. The zero-order valence-electron chi connectivity index (χ0n) is 11.0. The van der Waals surface area contributed by atoms with Crippen molar-refractivity contribution in [2.75, 3.05) is 0 Å². The van der Waals surface area contributed by atoms with Gasteiger partial charge in [-0.3, -0.25) is 0 Å². The fraction of sp³-hybridized carbons (Fsp3) is 0. The first-order valence-corrected chi connectivity index (χ1v) is 7.82. The Morgan fingerprint density at radius 3 is 2.64 bits per heavy atom. The third-order valence-electron chi connectivity index (χ3n) is 2.98. The van der Waals surface area contributed by atoms with Crippen molar-refractivity contribution in [3.8, 4) is 0 Å². The predicted molar refractivity (Wildman–Crippen MR) is 91.2 cm³/mol. The van der Waals surface area contributed by atoms with Crippen molar-refractivity contribution in [1.29, 1.82) is 0 Å². The van der Waals surface area contributed by atoms with Crippen molar-refractivity contribution in [2.24, 2.45) is 4.99 Å². The molecule has 2 aromatic rings. The third kappa shape index (κ3) is 3.09. The van der Waals surface area contributed by atoms with Crippen LogP contribution in [0.5, 0.6) is 0 Å². The Bertz CT molecular complexity index is 831. The largest absolute Gasteiger partial charge is 0.402 e. The van der Waals surface area contributed by atoms with Crippen LogP contribution in [0.4, 0.5) is 0 Å². The summed E-state index contributed by atoms with van der Waals surface area (Å²) >= 11 is 15.4. The number of carbonyl (C=O) groups is 1. The van der Waals surface area contributed by atoms with Gasteiger partial charge in [-0.25, -0.2) is 9.79 Å². The van der Waals surface area contributed by atoms with Gasteiger partial charge in [-0.1, -0.05) is 57.3 Å². The van der Waals surface area contributed by atoms with Gasteiger partial charge in [0, 0.05) is 9.50 Å². The molecule has 0 aromatic heterocycles. The number of benzene rings is 2. The van der Waals surface area contributed by atoms with E-state index >= 15 is 0 Å². The maximum Gasteiger partial charge on any atom is 0.363 e. The highest BCUT2D eigenvalue weighted by Crippen LogP contribution is 2.27. The Morgan fingerprint density at radius 1 is 1.14 bits per heavy atom. The molecular weight excluding hydrogens is 389 g/mol. The molecule has 0 saturated heterocycles. The molecular formula is C16H8BrCl2NO2. The summed E-state index contributed by atoms with van der Waals surface area (Å²) in [6.45, 7) is 0. The number of nitrogens with zero attached hydrogens (tertiary/aromatic N) is 1. The van der Waals surface area contributed by atoms with Crippen molar-refractivity contribution in [1.82, 2.24) is 0 Å². The van der Waals surface area contributed by atoms with E-state index in [2.05, 4.69) is 20.9 Å². The number of aliphatic imine (C=N–C) groups is 1. The van der Waals surface area contributed by atoms with Gasteiger partial charge < -0.3 is 4.74 Å². The molecule has 0 spiro atoms. The summed E-state index contributed by atoms with van der Waals surface area (Å²) in [7, 11) is 0. The van der Waals surface area contributed by atoms with Crippen LogP contribution in [0, 0.1) is 0 Å². The zero-order chi connectivity index (χ0) is 15.7. The van der Waals surface area contributed by atoms with Crippen LogP contribution in [-0.4, -0.2) is 11.9 Å². The highest BCUT2D eigenvalue weighted by molar-refractivity contribution is 9.10. The van der Waals surface area contributed by atoms with Crippen LogP contribution < -0.4 is 0 Å². The summed E-state index contributed by atoms with van der Waals surface area (Å²) in [5, 5.41) is 0.879. The van der Waals surface area contributed by atoms with E-state index in [0.29, 0.717) is 15.6 Å². The Morgan fingerprint density at radius 2 is 1.91 bits per heavy atom. The van der Waals surface area contributed by atoms with E-state index in [1.165, 1.54) is 0 Å². The van der Waals surface area contributed by atoms with Gasteiger partial charge in [0.15, 0.2) is 5.70 Å². The van der Waals surface area contributed by atoms with E-state index in [1.807, 2.05) is 24.3 Å². The molecule has 0 bridgehead atoms. The normalized spacial score (nSPS) is 15.9. The maximum atomic E-state index is 12.0. The van der Waals surface area contributed by atoms with Gasteiger partial charge in [0.25, 0.3) is 0 Å². The molecule has 110 valence electrons. The summed E-state index contributed by atoms with van der Waals surface area (Å²) in [6, 6.07) is 12.4. The fourth-order valence-electron chi connectivity index (χ4n) is 1.93. The molecule has 0 fully saturated rings. The Balaban J connectivity index is 2.00.